The van der Waals surface area contributed by atoms with E-state index in [4.69, 9.17) is 5.73 Å². The van der Waals surface area contributed by atoms with E-state index < -0.39 is 11.6 Å². The number of aryl methyl sites for hydroxylation is 1. The number of alkyl halides is 3. The highest BCUT2D eigenvalue weighted by molar-refractivity contribution is 5.50. The standard InChI is InChI=1S/C12H16F3N3/c1-8-5-10(17-6-9(8)16)18-7-11(3-2-4-11)12(13,14)15/h5-6H,2-4,7,16H2,1H3,(H,17,18). The van der Waals surface area contributed by atoms with E-state index in [0.717, 1.165) is 5.56 Å². The Morgan fingerprint density at radius 3 is 2.56 bits per heavy atom. The molecule has 1 aromatic heterocycles. The first-order valence-corrected chi connectivity index (χ1v) is 5.87. The van der Waals surface area contributed by atoms with E-state index in [2.05, 4.69) is 10.3 Å². The summed E-state index contributed by atoms with van der Waals surface area (Å²) in [7, 11) is 0. The minimum atomic E-state index is -4.15. The molecule has 100 valence electrons. The zero-order valence-corrected chi connectivity index (χ0v) is 10.1. The second-order valence-corrected chi connectivity index (χ2v) is 4.91. The second-order valence-electron chi connectivity index (χ2n) is 4.91. The number of aromatic nitrogens is 1. The van der Waals surface area contributed by atoms with Gasteiger partial charge in [-0.3, -0.25) is 0 Å². The van der Waals surface area contributed by atoms with Gasteiger partial charge in [0.25, 0.3) is 0 Å². The van der Waals surface area contributed by atoms with Gasteiger partial charge >= 0.3 is 6.18 Å². The molecule has 1 saturated carbocycles. The summed E-state index contributed by atoms with van der Waals surface area (Å²) in [6, 6.07) is 1.66. The molecule has 1 heterocycles. The third-order valence-corrected chi connectivity index (χ3v) is 3.67. The predicted molar refractivity (Wildman–Crippen MR) is 64.2 cm³/mol. The maximum Gasteiger partial charge on any atom is 0.396 e. The van der Waals surface area contributed by atoms with Crippen LogP contribution in [0.1, 0.15) is 24.8 Å². The van der Waals surface area contributed by atoms with Crippen molar-refractivity contribution in [3.63, 3.8) is 0 Å². The van der Waals surface area contributed by atoms with Gasteiger partial charge in [-0.05, 0) is 31.4 Å². The number of pyridine rings is 1. The normalized spacial score (nSPS) is 18.2. The Labute approximate surface area is 104 Å². The summed E-state index contributed by atoms with van der Waals surface area (Å²) in [4.78, 5) is 3.98. The number of nitrogen functional groups attached to an aromatic ring is 1. The maximum absolute atomic E-state index is 12.9. The van der Waals surface area contributed by atoms with Crippen molar-refractivity contribution in [1.82, 2.24) is 4.98 Å². The van der Waals surface area contributed by atoms with Gasteiger partial charge in [-0.2, -0.15) is 13.2 Å². The summed E-state index contributed by atoms with van der Waals surface area (Å²) in [6.45, 7) is 1.68. The predicted octanol–water partition coefficient (Wildman–Crippen LogP) is 3.12. The molecule has 3 N–H and O–H groups in total. The van der Waals surface area contributed by atoms with Crippen LogP contribution >= 0.6 is 0 Å². The lowest BCUT2D eigenvalue weighted by Gasteiger charge is -2.43. The molecule has 0 amide bonds. The molecule has 1 fully saturated rings. The van der Waals surface area contributed by atoms with Crippen molar-refractivity contribution in [2.24, 2.45) is 5.41 Å². The molecule has 0 spiro atoms. The molecule has 1 aliphatic carbocycles. The molecule has 6 heteroatoms. The lowest BCUT2D eigenvalue weighted by Crippen LogP contribution is -2.48. The van der Waals surface area contributed by atoms with E-state index in [1.807, 2.05) is 0 Å². The van der Waals surface area contributed by atoms with Crippen molar-refractivity contribution >= 4 is 11.5 Å². The van der Waals surface area contributed by atoms with Gasteiger partial charge < -0.3 is 11.1 Å². The fraction of sp³-hybridized carbons (Fsp3) is 0.583. The van der Waals surface area contributed by atoms with Crippen molar-refractivity contribution in [3.8, 4) is 0 Å². The van der Waals surface area contributed by atoms with Gasteiger partial charge in [0.2, 0.25) is 0 Å². The Morgan fingerprint density at radius 1 is 1.44 bits per heavy atom. The minimum absolute atomic E-state index is 0.118. The Morgan fingerprint density at radius 2 is 2.11 bits per heavy atom. The third-order valence-electron chi connectivity index (χ3n) is 3.67. The maximum atomic E-state index is 12.9. The molecule has 2 rings (SSSR count). The summed E-state index contributed by atoms with van der Waals surface area (Å²) < 4.78 is 38.8. The number of nitrogens with two attached hydrogens (primary N) is 1. The van der Waals surface area contributed by atoms with Crippen LogP contribution in [0.15, 0.2) is 12.3 Å². The van der Waals surface area contributed by atoms with Crippen LogP contribution in [0.25, 0.3) is 0 Å². The van der Waals surface area contributed by atoms with Crippen molar-refractivity contribution in [3.05, 3.63) is 17.8 Å². The van der Waals surface area contributed by atoms with Crippen LogP contribution in [0.5, 0.6) is 0 Å². The van der Waals surface area contributed by atoms with Crippen LogP contribution in [0, 0.1) is 12.3 Å². The number of nitrogens with one attached hydrogen (secondary N) is 1. The molecule has 0 saturated heterocycles. The number of hydrogen-bond acceptors (Lipinski definition) is 3. The van der Waals surface area contributed by atoms with Crippen LogP contribution in [0.4, 0.5) is 24.7 Å². The van der Waals surface area contributed by atoms with E-state index in [9.17, 15) is 13.2 Å². The highest BCUT2D eigenvalue weighted by Gasteiger charge is 2.57. The lowest BCUT2D eigenvalue weighted by molar-refractivity contribution is -0.244. The third kappa shape index (κ3) is 2.23. The molecule has 0 unspecified atom stereocenters. The molecule has 0 atom stereocenters. The summed E-state index contributed by atoms with van der Waals surface area (Å²) in [5.41, 5.74) is 5.37. The van der Waals surface area contributed by atoms with Gasteiger partial charge in [-0.25, -0.2) is 4.98 Å². The Kier molecular flexibility index (Phi) is 3.12. The topological polar surface area (TPSA) is 50.9 Å². The van der Waals surface area contributed by atoms with Gasteiger partial charge in [0.1, 0.15) is 5.82 Å². The molecule has 0 radical (unpaired) electrons. The number of rotatable bonds is 3. The van der Waals surface area contributed by atoms with Crippen LogP contribution < -0.4 is 11.1 Å². The average Bonchev–Trinajstić information content (AvgIpc) is 2.19. The minimum Gasteiger partial charge on any atom is -0.397 e. The van der Waals surface area contributed by atoms with E-state index >= 15 is 0 Å². The number of nitrogens with zero attached hydrogens (tertiary/aromatic N) is 1. The van der Waals surface area contributed by atoms with Crippen LogP contribution in [-0.4, -0.2) is 17.7 Å². The lowest BCUT2D eigenvalue weighted by atomic mass is 9.68. The summed E-state index contributed by atoms with van der Waals surface area (Å²) in [6.07, 6.45) is -1.68. The van der Waals surface area contributed by atoms with E-state index in [1.165, 1.54) is 6.20 Å². The molecule has 0 aromatic carbocycles. The van der Waals surface area contributed by atoms with Gasteiger partial charge in [0.15, 0.2) is 0 Å². The molecule has 0 bridgehead atoms. The first-order chi connectivity index (χ1) is 8.34. The molecule has 3 nitrogen and oxygen atoms in total. The summed E-state index contributed by atoms with van der Waals surface area (Å²) in [5, 5.41) is 2.78. The molecule has 0 aliphatic heterocycles. The molecule has 1 aromatic rings. The fourth-order valence-corrected chi connectivity index (χ4v) is 2.09. The summed E-state index contributed by atoms with van der Waals surface area (Å²) >= 11 is 0. The van der Waals surface area contributed by atoms with Crippen LogP contribution in [-0.2, 0) is 0 Å². The van der Waals surface area contributed by atoms with Crippen molar-refractivity contribution in [1.29, 1.82) is 0 Å². The second kappa shape index (κ2) is 4.33. The van der Waals surface area contributed by atoms with Crippen molar-refractivity contribution in [2.45, 2.75) is 32.4 Å². The molecular formula is C12H16F3N3. The largest absolute Gasteiger partial charge is 0.397 e. The van der Waals surface area contributed by atoms with Crippen LogP contribution in [0.2, 0.25) is 0 Å². The quantitative estimate of drug-likeness (QED) is 0.876. The van der Waals surface area contributed by atoms with Gasteiger partial charge in [0.05, 0.1) is 17.3 Å². The first kappa shape index (κ1) is 13.0. The Hall–Kier alpha value is -1.46. The van der Waals surface area contributed by atoms with Gasteiger partial charge in [-0.15, -0.1) is 0 Å². The Balaban J connectivity index is 2.04. The molecule has 1 aliphatic rings. The van der Waals surface area contributed by atoms with E-state index in [0.29, 0.717) is 17.9 Å². The van der Waals surface area contributed by atoms with Crippen molar-refractivity contribution in [2.75, 3.05) is 17.6 Å². The van der Waals surface area contributed by atoms with E-state index in [1.54, 1.807) is 13.0 Å². The summed E-state index contributed by atoms with van der Waals surface area (Å²) in [5.74, 6) is 0.442. The molecule has 18 heavy (non-hydrogen) atoms. The van der Waals surface area contributed by atoms with Crippen molar-refractivity contribution < 1.29 is 13.2 Å². The SMILES string of the molecule is Cc1cc(NCC2(C(F)(F)F)CCC2)ncc1N. The first-order valence-electron chi connectivity index (χ1n) is 5.87. The number of hydrogen-bond donors (Lipinski definition) is 2. The number of anilines is 2. The van der Waals surface area contributed by atoms with Gasteiger partial charge in [0, 0.05) is 6.54 Å². The smallest absolute Gasteiger partial charge is 0.396 e. The van der Waals surface area contributed by atoms with E-state index in [-0.39, 0.29) is 19.4 Å². The highest BCUT2D eigenvalue weighted by Crippen LogP contribution is 2.52. The highest BCUT2D eigenvalue weighted by atomic mass is 19.4. The average molecular weight is 259 g/mol. The zero-order valence-electron chi connectivity index (χ0n) is 10.1. The van der Waals surface area contributed by atoms with Crippen LogP contribution in [0.3, 0.4) is 0 Å². The number of halogens is 3. The zero-order chi connectivity index (χ0) is 13.4. The Bertz CT molecular complexity index is 439. The molecular weight excluding hydrogens is 243 g/mol. The monoisotopic (exact) mass is 259 g/mol. The van der Waals surface area contributed by atoms with Gasteiger partial charge in [-0.1, -0.05) is 6.42 Å². The fourth-order valence-electron chi connectivity index (χ4n) is 2.09.